The van der Waals surface area contributed by atoms with Crippen LogP contribution in [0.4, 0.5) is 5.69 Å². The number of ether oxygens (including phenoxy) is 1. The molecule has 0 aromatic heterocycles. The summed E-state index contributed by atoms with van der Waals surface area (Å²) in [6.45, 7) is 0.925. The van der Waals surface area contributed by atoms with E-state index >= 15 is 0 Å². The second-order valence-electron chi connectivity index (χ2n) is 4.45. The third-order valence-corrected chi connectivity index (χ3v) is 3.43. The normalized spacial score (nSPS) is 10.4. The molecule has 0 atom stereocenters. The van der Waals surface area contributed by atoms with Crippen molar-refractivity contribution in [2.75, 3.05) is 7.11 Å². The van der Waals surface area contributed by atoms with E-state index in [-0.39, 0.29) is 5.69 Å². The molecule has 0 spiro atoms. The van der Waals surface area contributed by atoms with E-state index in [0.717, 1.165) is 11.3 Å². The van der Waals surface area contributed by atoms with Gasteiger partial charge in [-0.05, 0) is 23.8 Å². The Morgan fingerprint density at radius 3 is 2.52 bits per heavy atom. The molecule has 2 aromatic rings. The van der Waals surface area contributed by atoms with Gasteiger partial charge in [0.1, 0.15) is 5.75 Å². The van der Waals surface area contributed by atoms with Crippen LogP contribution in [0.25, 0.3) is 0 Å². The van der Waals surface area contributed by atoms with Crippen LogP contribution in [-0.4, -0.2) is 12.0 Å². The molecule has 0 amide bonds. The van der Waals surface area contributed by atoms with Gasteiger partial charge in [-0.2, -0.15) is 0 Å². The van der Waals surface area contributed by atoms with E-state index in [4.69, 9.17) is 16.3 Å². The van der Waals surface area contributed by atoms with E-state index in [1.165, 1.54) is 6.07 Å². The smallest absolute Gasteiger partial charge is 0.275 e. The summed E-state index contributed by atoms with van der Waals surface area (Å²) in [5, 5.41) is 14.5. The number of nitrogens with zero attached hydrogens (tertiary/aromatic N) is 1. The van der Waals surface area contributed by atoms with Gasteiger partial charge in [0, 0.05) is 19.2 Å². The van der Waals surface area contributed by atoms with Gasteiger partial charge in [-0.25, -0.2) is 0 Å². The highest BCUT2D eigenvalue weighted by atomic mass is 35.5. The molecule has 0 unspecified atom stereocenters. The van der Waals surface area contributed by atoms with Crippen LogP contribution in [0.2, 0.25) is 5.02 Å². The first-order valence-electron chi connectivity index (χ1n) is 6.37. The number of nitro benzene ring substituents is 1. The summed E-state index contributed by atoms with van der Waals surface area (Å²) < 4.78 is 5.09. The SMILES string of the molecule is COc1ccc(CNCc2c(Cl)cccc2[N+](=O)[O-])cc1. The van der Waals surface area contributed by atoms with Crippen molar-refractivity contribution < 1.29 is 9.66 Å². The topological polar surface area (TPSA) is 64.4 Å². The fraction of sp³-hybridized carbons (Fsp3) is 0.200. The molecule has 0 bridgehead atoms. The lowest BCUT2D eigenvalue weighted by molar-refractivity contribution is -0.385. The first kappa shape index (κ1) is 15.3. The van der Waals surface area contributed by atoms with E-state index < -0.39 is 4.92 Å². The lowest BCUT2D eigenvalue weighted by Gasteiger charge is -2.08. The average molecular weight is 307 g/mol. The van der Waals surface area contributed by atoms with Crippen molar-refractivity contribution in [2.45, 2.75) is 13.1 Å². The number of halogens is 1. The maximum Gasteiger partial charge on any atom is 0.275 e. The zero-order chi connectivity index (χ0) is 15.2. The molecule has 1 N–H and O–H groups in total. The number of nitro groups is 1. The Hall–Kier alpha value is -2.11. The van der Waals surface area contributed by atoms with Crippen LogP contribution < -0.4 is 10.1 Å². The zero-order valence-corrected chi connectivity index (χ0v) is 12.3. The lowest BCUT2D eigenvalue weighted by atomic mass is 10.1. The van der Waals surface area contributed by atoms with Crippen LogP contribution in [0.3, 0.4) is 0 Å². The summed E-state index contributed by atoms with van der Waals surface area (Å²) in [7, 11) is 1.61. The Kier molecular flexibility index (Phi) is 5.14. The van der Waals surface area contributed by atoms with Gasteiger partial charge in [0.05, 0.1) is 22.6 Å². The number of methoxy groups -OCH3 is 1. The third kappa shape index (κ3) is 3.93. The molecular weight excluding hydrogens is 292 g/mol. The fourth-order valence-electron chi connectivity index (χ4n) is 1.97. The molecule has 0 aliphatic rings. The molecule has 0 aliphatic heterocycles. The minimum atomic E-state index is -0.420. The van der Waals surface area contributed by atoms with Gasteiger partial charge in [0.25, 0.3) is 5.69 Å². The van der Waals surface area contributed by atoms with E-state index in [0.29, 0.717) is 23.7 Å². The average Bonchev–Trinajstić information content (AvgIpc) is 2.49. The zero-order valence-electron chi connectivity index (χ0n) is 11.5. The maximum atomic E-state index is 11.0. The highest BCUT2D eigenvalue weighted by molar-refractivity contribution is 6.31. The van der Waals surface area contributed by atoms with Crippen molar-refractivity contribution in [1.82, 2.24) is 5.32 Å². The number of hydrogen-bond acceptors (Lipinski definition) is 4. The first-order chi connectivity index (χ1) is 10.1. The Morgan fingerprint density at radius 1 is 1.19 bits per heavy atom. The van der Waals surface area contributed by atoms with E-state index in [9.17, 15) is 10.1 Å². The molecule has 2 rings (SSSR count). The second-order valence-corrected chi connectivity index (χ2v) is 4.85. The van der Waals surface area contributed by atoms with Crippen molar-refractivity contribution in [2.24, 2.45) is 0 Å². The van der Waals surface area contributed by atoms with Crippen molar-refractivity contribution in [1.29, 1.82) is 0 Å². The van der Waals surface area contributed by atoms with Gasteiger partial charge < -0.3 is 10.1 Å². The molecular formula is C15H15ClN2O3. The van der Waals surface area contributed by atoms with Crippen molar-refractivity contribution in [3.63, 3.8) is 0 Å². The molecule has 0 saturated carbocycles. The molecule has 0 heterocycles. The Morgan fingerprint density at radius 2 is 1.90 bits per heavy atom. The Bertz CT molecular complexity index is 629. The monoisotopic (exact) mass is 306 g/mol. The molecule has 0 radical (unpaired) electrons. The second kappa shape index (κ2) is 7.06. The summed E-state index contributed by atoms with van der Waals surface area (Å²) in [6.07, 6.45) is 0. The third-order valence-electron chi connectivity index (χ3n) is 3.08. The first-order valence-corrected chi connectivity index (χ1v) is 6.75. The molecule has 110 valence electrons. The molecule has 21 heavy (non-hydrogen) atoms. The van der Waals surface area contributed by atoms with Crippen LogP contribution in [0, 0.1) is 10.1 Å². The summed E-state index contributed by atoms with van der Waals surface area (Å²) in [5.41, 5.74) is 1.59. The van der Waals surface area contributed by atoms with Gasteiger partial charge in [-0.15, -0.1) is 0 Å². The summed E-state index contributed by atoms with van der Waals surface area (Å²) in [6, 6.07) is 12.3. The predicted molar refractivity (Wildman–Crippen MR) is 81.6 cm³/mol. The van der Waals surface area contributed by atoms with E-state index in [1.54, 1.807) is 19.2 Å². The summed E-state index contributed by atoms with van der Waals surface area (Å²) in [4.78, 5) is 10.6. The van der Waals surface area contributed by atoms with Gasteiger partial charge in [0.15, 0.2) is 0 Å². The van der Waals surface area contributed by atoms with Gasteiger partial charge in [0.2, 0.25) is 0 Å². The largest absolute Gasteiger partial charge is 0.497 e. The maximum absolute atomic E-state index is 11.0. The van der Waals surface area contributed by atoms with Crippen LogP contribution in [0.1, 0.15) is 11.1 Å². The van der Waals surface area contributed by atoms with E-state index in [1.807, 2.05) is 24.3 Å². The van der Waals surface area contributed by atoms with Crippen molar-refractivity contribution in [3.8, 4) is 5.75 Å². The summed E-state index contributed by atoms with van der Waals surface area (Å²) in [5.74, 6) is 0.792. The molecule has 0 fully saturated rings. The Balaban J connectivity index is 2.01. The minimum Gasteiger partial charge on any atom is -0.497 e. The highest BCUT2D eigenvalue weighted by Crippen LogP contribution is 2.26. The lowest BCUT2D eigenvalue weighted by Crippen LogP contribution is -2.14. The van der Waals surface area contributed by atoms with Crippen molar-refractivity contribution >= 4 is 17.3 Å². The van der Waals surface area contributed by atoms with Crippen LogP contribution in [0.5, 0.6) is 5.75 Å². The van der Waals surface area contributed by atoms with Gasteiger partial charge in [-0.1, -0.05) is 29.8 Å². The van der Waals surface area contributed by atoms with Gasteiger partial charge >= 0.3 is 0 Å². The van der Waals surface area contributed by atoms with E-state index in [2.05, 4.69) is 5.32 Å². The standard InChI is InChI=1S/C15H15ClN2O3/c1-21-12-7-5-11(6-8-12)9-17-10-13-14(16)3-2-4-15(13)18(19)20/h2-8,17H,9-10H2,1H3. The molecule has 2 aromatic carbocycles. The Labute approximate surface area is 127 Å². The molecule has 0 saturated heterocycles. The van der Waals surface area contributed by atoms with Crippen molar-refractivity contribution in [3.05, 3.63) is 68.7 Å². The molecule has 5 nitrogen and oxygen atoms in total. The summed E-state index contributed by atoms with van der Waals surface area (Å²) >= 11 is 6.03. The number of benzene rings is 2. The predicted octanol–water partition coefficient (Wildman–Crippen LogP) is 3.55. The fourth-order valence-corrected chi connectivity index (χ4v) is 2.20. The quantitative estimate of drug-likeness (QED) is 0.655. The van der Waals surface area contributed by atoms with Crippen LogP contribution in [0.15, 0.2) is 42.5 Å². The number of nitrogens with one attached hydrogen (secondary N) is 1. The number of hydrogen-bond donors (Lipinski definition) is 1. The highest BCUT2D eigenvalue weighted by Gasteiger charge is 2.15. The van der Waals surface area contributed by atoms with Gasteiger partial charge in [-0.3, -0.25) is 10.1 Å². The molecule has 6 heteroatoms. The minimum absolute atomic E-state index is 0.0322. The van der Waals surface area contributed by atoms with Crippen LogP contribution in [-0.2, 0) is 13.1 Å². The number of rotatable bonds is 6. The van der Waals surface area contributed by atoms with Crippen LogP contribution >= 0.6 is 11.6 Å². The molecule has 0 aliphatic carbocycles.